The topological polar surface area (TPSA) is 36.4 Å². The summed E-state index contributed by atoms with van der Waals surface area (Å²) in [5.41, 5.74) is 0. The van der Waals surface area contributed by atoms with Gasteiger partial charge in [-0.15, -0.1) is 0 Å². The van der Waals surface area contributed by atoms with Gasteiger partial charge in [-0.2, -0.15) is 0 Å². The van der Waals surface area contributed by atoms with Crippen LogP contribution >= 0.6 is 0 Å². The van der Waals surface area contributed by atoms with Crippen molar-refractivity contribution in [3.63, 3.8) is 0 Å². The molecule has 3 heteroatoms. The molecule has 90 valence electrons. The van der Waals surface area contributed by atoms with Gasteiger partial charge < -0.3 is 10.6 Å². The Hall–Kier alpha value is -0.410. The van der Waals surface area contributed by atoms with Crippen LogP contribution in [0.15, 0.2) is 4.99 Å². The maximum atomic E-state index is 4.14. The first-order valence-corrected chi connectivity index (χ1v) is 6.27. The van der Waals surface area contributed by atoms with E-state index in [2.05, 4.69) is 22.5 Å². The first-order valence-electron chi connectivity index (χ1n) is 6.27. The molecule has 0 aromatic rings. The molecular formula is C12H27N3. The van der Waals surface area contributed by atoms with Crippen molar-refractivity contribution < 1.29 is 0 Å². The molecule has 0 aliphatic heterocycles. The molecule has 15 heavy (non-hydrogen) atoms. The van der Waals surface area contributed by atoms with Gasteiger partial charge in [0.1, 0.15) is 0 Å². The van der Waals surface area contributed by atoms with E-state index in [0.29, 0.717) is 0 Å². The van der Waals surface area contributed by atoms with Crippen molar-refractivity contribution in [2.24, 2.45) is 4.99 Å². The summed E-state index contributed by atoms with van der Waals surface area (Å²) in [7, 11) is 0. The maximum absolute atomic E-state index is 4.14. The third-order valence-electron chi connectivity index (χ3n) is 2.26. The molecule has 0 spiro atoms. The zero-order chi connectivity index (χ0) is 11.2. The molecule has 0 atom stereocenters. The van der Waals surface area contributed by atoms with E-state index < -0.39 is 0 Å². The summed E-state index contributed by atoms with van der Waals surface area (Å²) in [6.07, 6.45) is 6.97. The quantitative estimate of drug-likeness (QED) is 0.406. The molecule has 0 aliphatic carbocycles. The fourth-order valence-electron chi connectivity index (χ4n) is 1.32. The minimum atomic E-state index is 0.908. The molecule has 0 unspecified atom stereocenters. The largest absolute Gasteiger partial charge is 0.317 e. The highest BCUT2D eigenvalue weighted by molar-refractivity contribution is 5.53. The second kappa shape index (κ2) is 13.6. The summed E-state index contributed by atoms with van der Waals surface area (Å²) >= 11 is 0. The summed E-state index contributed by atoms with van der Waals surface area (Å²) in [5, 5.41) is 6.83. The SMILES string of the molecule is CC=NCCNCCCCNCCCC. The van der Waals surface area contributed by atoms with Crippen LogP contribution in [0.1, 0.15) is 39.5 Å². The summed E-state index contributed by atoms with van der Waals surface area (Å²) in [6.45, 7) is 9.56. The van der Waals surface area contributed by atoms with Gasteiger partial charge in [-0.05, 0) is 52.0 Å². The van der Waals surface area contributed by atoms with Crippen molar-refractivity contribution in [2.45, 2.75) is 39.5 Å². The van der Waals surface area contributed by atoms with Crippen LogP contribution in [0.5, 0.6) is 0 Å². The number of aliphatic imine (C=N–C) groups is 1. The molecular weight excluding hydrogens is 186 g/mol. The van der Waals surface area contributed by atoms with Crippen molar-refractivity contribution in [3.8, 4) is 0 Å². The zero-order valence-corrected chi connectivity index (χ0v) is 10.4. The van der Waals surface area contributed by atoms with Crippen LogP contribution in [-0.4, -0.2) is 38.9 Å². The monoisotopic (exact) mass is 213 g/mol. The highest BCUT2D eigenvalue weighted by atomic mass is 14.9. The summed E-state index contributed by atoms with van der Waals surface area (Å²) < 4.78 is 0. The van der Waals surface area contributed by atoms with Crippen molar-refractivity contribution >= 4 is 6.21 Å². The highest BCUT2D eigenvalue weighted by Crippen LogP contribution is 1.86. The van der Waals surface area contributed by atoms with Crippen LogP contribution < -0.4 is 10.6 Å². The fraction of sp³-hybridized carbons (Fsp3) is 0.917. The Bertz CT molecular complexity index is 135. The van der Waals surface area contributed by atoms with Gasteiger partial charge in [0.15, 0.2) is 0 Å². The average Bonchev–Trinajstić information content (AvgIpc) is 2.26. The molecule has 0 aromatic carbocycles. The van der Waals surface area contributed by atoms with E-state index in [9.17, 15) is 0 Å². The summed E-state index contributed by atoms with van der Waals surface area (Å²) in [4.78, 5) is 4.14. The van der Waals surface area contributed by atoms with E-state index in [1.807, 2.05) is 13.1 Å². The van der Waals surface area contributed by atoms with E-state index in [-0.39, 0.29) is 0 Å². The first kappa shape index (κ1) is 14.6. The lowest BCUT2D eigenvalue weighted by Gasteiger charge is -2.04. The lowest BCUT2D eigenvalue weighted by Crippen LogP contribution is -2.21. The van der Waals surface area contributed by atoms with Crippen molar-refractivity contribution in [2.75, 3.05) is 32.7 Å². The second-order valence-corrected chi connectivity index (χ2v) is 3.73. The molecule has 0 aliphatic rings. The number of nitrogens with zero attached hydrogens (tertiary/aromatic N) is 1. The number of hydrogen-bond acceptors (Lipinski definition) is 3. The third kappa shape index (κ3) is 13.6. The second-order valence-electron chi connectivity index (χ2n) is 3.73. The van der Waals surface area contributed by atoms with Gasteiger partial charge in [0.2, 0.25) is 0 Å². The average molecular weight is 213 g/mol. The van der Waals surface area contributed by atoms with E-state index in [4.69, 9.17) is 0 Å². The summed E-state index contributed by atoms with van der Waals surface area (Å²) in [5.74, 6) is 0. The van der Waals surface area contributed by atoms with Gasteiger partial charge in [0.05, 0.1) is 6.54 Å². The number of nitrogens with one attached hydrogen (secondary N) is 2. The van der Waals surface area contributed by atoms with Gasteiger partial charge >= 0.3 is 0 Å². The fourth-order valence-corrected chi connectivity index (χ4v) is 1.32. The standard InChI is InChI=1S/C12H27N3/c1-3-5-8-14-9-6-7-10-15-12-11-13-4-2/h4,14-15H,3,5-12H2,1-2H3. The van der Waals surface area contributed by atoms with Gasteiger partial charge in [-0.1, -0.05) is 13.3 Å². The van der Waals surface area contributed by atoms with Crippen LogP contribution in [0.2, 0.25) is 0 Å². The molecule has 0 amide bonds. The van der Waals surface area contributed by atoms with Crippen molar-refractivity contribution in [3.05, 3.63) is 0 Å². The number of rotatable bonds is 11. The lowest BCUT2D eigenvalue weighted by molar-refractivity contribution is 0.574. The smallest absolute Gasteiger partial charge is 0.0510 e. The van der Waals surface area contributed by atoms with Gasteiger partial charge in [-0.25, -0.2) is 0 Å². The zero-order valence-electron chi connectivity index (χ0n) is 10.4. The van der Waals surface area contributed by atoms with E-state index in [1.54, 1.807) is 0 Å². The van der Waals surface area contributed by atoms with E-state index >= 15 is 0 Å². The molecule has 0 bridgehead atoms. The first-order chi connectivity index (χ1) is 7.41. The van der Waals surface area contributed by atoms with Crippen molar-refractivity contribution in [1.82, 2.24) is 10.6 Å². The molecule has 0 aromatic heterocycles. The Morgan fingerprint density at radius 3 is 2.13 bits per heavy atom. The van der Waals surface area contributed by atoms with Crippen LogP contribution in [0.4, 0.5) is 0 Å². The molecule has 0 saturated carbocycles. The van der Waals surface area contributed by atoms with Gasteiger partial charge in [-0.3, -0.25) is 4.99 Å². The van der Waals surface area contributed by atoms with E-state index in [0.717, 1.165) is 26.2 Å². The maximum Gasteiger partial charge on any atom is 0.0510 e. The molecule has 0 radical (unpaired) electrons. The molecule has 0 rings (SSSR count). The Balaban J connectivity index is 2.86. The molecule has 2 N–H and O–H groups in total. The van der Waals surface area contributed by atoms with Gasteiger partial charge in [0.25, 0.3) is 0 Å². The minimum absolute atomic E-state index is 0.908. The molecule has 0 fully saturated rings. The Morgan fingerprint density at radius 1 is 0.933 bits per heavy atom. The van der Waals surface area contributed by atoms with Gasteiger partial charge in [0, 0.05) is 6.54 Å². The number of unbranched alkanes of at least 4 members (excludes halogenated alkanes) is 2. The van der Waals surface area contributed by atoms with E-state index in [1.165, 1.54) is 32.2 Å². The van der Waals surface area contributed by atoms with Crippen LogP contribution in [0.3, 0.4) is 0 Å². The van der Waals surface area contributed by atoms with Crippen molar-refractivity contribution in [1.29, 1.82) is 0 Å². The number of hydrogen-bond donors (Lipinski definition) is 2. The molecule has 0 saturated heterocycles. The normalized spacial score (nSPS) is 11.3. The Morgan fingerprint density at radius 2 is 1.53 bits per heavy atom. The predicted octanol–water partition coefficient (Wildman–Crippen LogP) is 1.84. The minimum Gasteiger partial charge on any atom is -0.317 e. The molecule has 3 nitrogen and oxygen atoms in total. The summed E-state index contributed by atoms with van der Waals surface area (Å²) in [6, 6.07) is 0. The lowest BCUT2D eigenvalue weighted by atomic mass is 10.3. The Kier molecular flexibility index (Phi) is 13.2. The molecule has 0 heterocycles. The Labute approximate surface area is 94.7 Å². The highest BCUT2D eigenvalue weighted by Gasteiger charge is 1.89. The van der Waals surface area contributed by atoms with Crippen LogP contribution in [0.25, 0.3) is 0 Å². The van der Waals surface area contributed by atoms with Crippen LogP contribution in [-0.2, 0) is 0 Å². The third-order valence-corrected chi connectivity index (χ3v) is 2.26. The van der Waals surface area contributed by atoms with Crippen LogP contribution in [0, 0.1) is 0 Å². The predicted molar refractivity (Wildman–Crippen MR) is 68.9 cm³/mol.